The molecule has 1 saturated carbocycles. The van der Waals surface area contributed by atoms with Crippen molar-refractivity contribution in [2.45, 2.75) is 51.2 Å². The van der Waals surface area contributed by atoms with E-state index in [2.05, 4.69) is 11.7 Å². The van der Waals surface area contributed by atoms with Crippen molar-refractivity contribution in [3.8, 4) is 11.3 Å². The molecule has 1 heterocycles. The van der Waals surface area contributed by atoms with E-state index in [1.807, 2.05) is 0 Å². The van der Waals surface area contributed by atoms with Crippen LogP contribution in [0.3, 0.4) is 0 Å². The Morgan fingerprint density at radius 1 is 1.28 bits per heavy atom. The van der Waals surface area contributed by atoms with Crippen molar-refractivity contribution >= 4 is 46.9 Å². The average Bonchev–Trinajstić information content (AvgIpc) is 3.02. The van der Waals surface area contributed by atoms with Crippen LogP contribution in [-0.4, -0.2) is 39.4 Å². The first-order valence-corrected chi connectivity index (χ1v) is 11.0. The minimum atomic E-state index is -1.28. The van der Waals surface area contributed by atoms with Gasteiger partial charge in [0.25, 0.3) is 0 Å². The van der Waals surface area contributed by atoms with Crippen LogP contribution < -0.4 is 0 Å². The molecule has 1 fully saturated rings. The van der Waals surface area contributed by atoms with E-state index in [-0.39, 0.29) is 39.2 Å². The third kappa shape index (κ3) is 4.47. The van der Waals surface area contributed by atoms with Gasteiger partial charge in [-0.2, -0.15) is 0 Å². The van der Waals surface area contributed by atoms with Gasteiger partial charge in [-0.1, -0.05) is 46.0 Å². The van der Waals surface area contributed by atoms with Crippen molar-refractivity contribution in [2.24, 2.45) is 0 Å². The number of aromatic nitrogens is 1. The molecule has 32 heavy (non-hydrogen) atoms. The van der Waals surface area contributed by atoms with E-state index < -0.39 is 23.2 Å². The number of carbonyl (C=O) groups is 2. The van der Waals surface area contributed by atoms with Gasteiger partial charge >= 0.3 is 12.1 Å². The second-order valence-electron chi connectivity index (χ2n) is 8.55. The third-order valence-corrected chi connectivity index (χ3v) is 6.01. The molecular weight excluding hydrogens is 479 g/mol. The number of amides is 1. The number of carboxylic acid groups (broad SMARTS) is 1. The zero-order chi connectivity index (χ0) is 23.8. The molecule has 0 saturated heterocycles. The summed E-state index contributed by atoms with van der Waals surface area (Å²) in [5.74, 6) is -1.24. The molecule has 1 N–H and O–H groups in total. The SMILES string of the molecule is C=CCN(C(=O)OC(C)(C)C)C1(c2onc(-c3c(Cl)cc(Cl)cc3Cl)c2C(=O)O)CCC1. The Balaban J connectivity index is 2.18. The largest absolute Gasteiger partial charge is 0.477 e. The van der Waals surface area contributed by atoms with Gasteiger partial charge < -0.3 is 14.4 Å². The number of nitrogens with zero attached hydrogens (tertiary/aromatic N) is 2. The summed E-state index contributed by atoms with van der Waals surface area (Å²) in [5.41, 5.74) is -1.86. The van der Waals surface area contributed by atoms with Crippen LogP contribution in [0.1, 0.15) is 56.2 Å². The summed E-state index contributed by atoms with van der Waals surface area (Å²) in [6.45, 7) is 9.12. The van der Waals surface area contributed by atoms with Crippen molar-refractivity contribution in [3.05, 3.63) is 51.2 Å². The normalized spacial score (nSPS) is 15.1. The molecule has 1 aliphatic carbocycles. The predicted octanol–water partition coefficient (Wildman–Crippen LogP) is 6.80. The molecule has 1 amide bonds. The van der Waals surface area contributed by atoms with Gasteiger partial charge in [-0.15, -0.1) is 6.58 Å². The lowest BCUT2D eigenvalue weighted by atomic mass is 9.72. The van der Waals surface area contributed by atoms with Gasteiger partial charge in [0.1, 0.15) is 22.4 Å². The van der Waals surface area contributed by atoms with E-state index in [0.717, 1.165) is 6.42 Å². The van der Waals surface area contributed by atoms with Gasteiger partial charge in [0, 0.05) is 17.1 Å². The number of hydrogen-bond donors (Lipinski definition) is 1. The second-order valence-corrected chi connectivity index (χ2v) is 9.80. The predicted molar refractivity (Wildman–Crippen MR) is 123 cm³/mol. The molecule has 3 rings (SSSR count). The third-order valence-electron chi connectivity index (χ3n) is 5.20. The molecule has 10 heteroatoms. The first-order valence-electron chi connectivity index (χ1n) is 9.91. The van der Waals surface area contributed by atoms with Crippen LogP contribution >= 0.6 is 34.8 Å². The summed E-state index contributed by atoms with van der Waals surface area (Å²) in [6, 6.07) is 2.88. The molecule has 1 aromatic carbocycles. The smallest absolute Gasteiger partial charge is 0.411 e. The van der Waals surface area contributed by atoms with Crippen LogP contribution in [0.5, 0.6) is 0 Å². The zero-order valence-electron chi connectivity index (χ0n) is 17.9. The standard InChI is InChI=1S/C22H23Cl3N2O5/c1-5-9-27(20(30)31-21(2,3)4)22(7-6-8-22)18-16(19(28)29)17(26-32-18)15-13(24)10-12(23)11-14(15)25/h5,10-11H,1,6-9H2,2-4H3,(H,28,29). The highest BCUT2D eigenvalue weighted by molar-refractivity contribution is 6.42. The monoisotopic (exact) mass is 500 g/mol. The average molecular weight is 502 g/mol. The molecule has 172 valence electrons. The van der Waals surface area contributed by atoms with Gasteiger partial charge in [0.2, 0.25) is 0 Å². The number of halogens is 3. The van der Waals surface area contributed by atoms with Crippen LogP contribution in [0, 0.1) is 0 Å². The van der Waals surface area contributed by atoms with Crippen molar-refractivity contribution in [1.82, 2.24) is 10.1 Å². The molecule has 0 radical (unpaired) electrons. The van der Waals surface area contributed by atoms with Crippen molar-refractivity contribution in [2.75, 3.05) is 6.54 Å². The number of aromatic carboxylic acids is 1. The molecule has 1 aliphatic rings. The van der Waals surface area contributed by atoms with Crippen molar-refractivity contribution < 1.29 is 24.0 Å². The number of carboxylic acids is 1. The Morgan fingerprint density at radius 3 is 2.31 bits per heavy atom. The lowest BCUT2D eigenvalue weighted by molar-refractivity contribution is -0.0354. The highest BCUT2D eigenvalue weighted by Crippen LogP contribution is 2.50. The molecule has 7 nitrogen and oxygen atoms in total. The maximum atomic E-state index is 13.1. The summed E-state index contributed by atoms with van der Waals surface area (Å²) >= 11 is 18.6. The van der Waals surface area contributed by atoms with Gasteiger partial charge in [0.05, 0.1) is 10.0 Å². The van der Waals surface area contributed by atoms with Crippen LogP contribution in [0.2, 0.25) is 15.1 Å². The molecular formula is C22H23Cl3N2O5. The Labute approximate surface area is 200 Å². The Bertz CT molecular complexity index is 1050. The highest BCUT2D eigenvalue weighted by atomic mass is 35.5. The minimum Gasteiger partial charge on any atom is -0.477 e. The Morgan fingerprint density at radius 2 is 1.88 bits per heavy atom. The van der Waals surface area contributed by atoms with E-state index in [0.29, 0.717) is 17.9 Å². The van der Waals surface area contributed by atoms with Crippen LogP contribution in [0.25, 0.3) is 11.3 Å². The zero-order valence-corrected chi connectivity index (χ0v) is 20.1. The van der Waals surface area contributed by atoms with E-state index in [1.165, 1.54) is 17.0 Å². The molecule has 0 spiro atoms. The Hall–Kier alpha value is -2.22. The summed E-state index contributed by atoms with van der Waals surface area (Å²) < 4.78 is 11.2. The van der Waals surface area contributed by atoms with Gasteiger partial charge in [-0.05, 0) is 52.2 Å². The van der Waals surface area contributed by atoms with Gasteiger partial charge in [-0.25, -0.2) is 9.59 Å². The number of rotatable bonds is 6. The van der Waals surface area contributed by atoms with Crippen molar-refractivity contribution in [1.29, 1.82) is 0 Å². The van der Waals surface area contributed by atoms with E-state index in [9.17, 15) is 14.7 Å². The molecule has 2 aromatic rings. The summed E-state index contributed by atoms with van der Waals surface area (Å²) in [5, 5.41) is 14.6. The summed E-state index contributed by atoms with van der Waals surface area (Å²) in [6.07, 6.45) is 2.64. The molecule has 0 aliphatic heterocycles. The summed E-state index contributed by atoms with van der Waals surface area (Å²) in [7, 11) is 0. The summed E-state index contributed by atoms with van der Waals surface area (Å²) in [4.78, 5) is 26.9. The molecule has 0 bridgehead atoms. The fourth-order valence-electron chi connectivity index (χ4n) is 3.75. The number of carbonyl (C=O) groups excluding carboxylic acids is 1. The second kappa shape index (κ2) is 8.96. The lowest BCUT2D eigenvalue weighted by Crippen LogP contribution is -2.55. The maximum absolute atomic E-state index is 13.1. The van der Waals surface area contributed by atoms with Crippen LogP contribution in [0.15, 0.2) is 29.3 Å². The fourth-order valence-corrected chi connectivity index (χ4v) is 4.74. The molecule has 0 unspecified atom stereocenters. The quantitative estimate of drug-likeness (QED) is 0.437. The first-order chi connectivity index (χ1) is 14.9. The molecule has 0 atom stereocenters. The fraction of sp³-hybridized carbons (Fsp3) is 0.409. The highest BCUT2D eigenvalue weighted by Gasteiger charge is 2.53. The van der Waals surface area contributed by atoms with E-state index >= 15 is 0 Å². The lowest BCUT2D eigenvalue weighted by Gasteiger charge is -2.48. The molecule has 1 aromatic heterocycles. The number of ether oxygens (including phenoxy) is 1. The first kappa shape index (κ1) is 24.4. The minimum absolute atomic E-state index is 0.0341. The van der Waals surface area contributed by atoms with Gasteiger partial charge in [0.15, 0.2) is 5.76 Å². The topological polar surface area (TPSA) is 92.9 Å². The van der Waals surface area contributed by atoms with Crippen LogP contribution in [0.4, 0.5) is 4.79 Å². The maximum Gasteiger partial charge on any atom is 0.411 e. The number of benzene rings is 1. The van der Waals surface area contributed by atoms with E-state index in [4.69, 9.17) is 44.1 Å². The Kier molecular flexibility index (Phi) is 6.84. The van der Waals surface area contributed by atoms with Gasteiger partial charge in [-0.3, -0.25) is 4.90 Å². The number of hydrogen-bond acceptors (Lipinski definition) is 5. The van der Waals surface area contributed by atoms with E-state index in [1.54, 1.807) is 26.8 Å². The van der Waals surface area contributed by atoms with Crippen LogP contribution in [-0.2, 0) is 10.3 Å². The van der Waals surface area contributed by atoms with Crippen molar-refractivity contribution in [3.63, 3.8) is 0 Å².